The van der Waals surface area contributed by atoms with Crippen molar-refractivity contribution in [2.45, 2.75) is 52.2 Å². The Hall–Kier alpha value is -2.18. The molecule has 146 valence electrons. The maximum atomic E-state index is 11.2. The van der Waals surface area contributed by atoms with E-state index in [-0.39, 0.29) is 5.41 Å². The number of nitrogens with zero attached hydrogens (tertiary/aromatic N) is 1. The molecule has 6 nitrogen and oxygen atoms in total. The summed E-state index contributed by atoms with van der Waals surface area (Å²) >= 11 is 0. The number of aromatic nitrogens is 1. The molecule has 0 atom stereocenters. The fraction of sp³-hybridized carbons (Fsp3) is 0.524. The number of aryl methyl sites for hydroxylation is 2. The minimum Gasteiger partial charge on any atom is -0.477 e. The van der Waals surface area contributed by atoms with Crippen molar-refractivity contribution in [2.24, 2.45) is 5.41 Å². The smallest absolute Gasteiger partial charge is 0.364 e. The van der Waals surface area contributed by atoms with Gasteiger partial charge in [-0.05, 0) is 38.3 Å². The van der Waals surface area contributed by atoms with Crippen LogP contribution in [0.15, 0.2) is 34.7 Å². The molecule has 0 spiro atoms. The van der Waals surface area contributed by atoms with Gasteiger partial charge in [0, 0.05) is 17.9 Å². The van der Waals surface area contributed by atoms with Crippen LogP contribution in [0.25, 0.3) is 11.5 Å². The highest BCUT2D eigenvalue weighted by atomic mass is 16.7. The fourth-order valence-corrected chi connectivity index (χ4v) is 3.18. The largest absolute Gasteiger partial charge is 0.477 e. The highest BCUT2D eigenvalue weighted by molar-refractivity contribution is 5.75. The quantitative estimate of drug-likeness (QED) is 0.732. The summed E-state index contributed by atoms with van der Waals surface area (Å²) in [6.45, 7) is 6.25. The van der Waals surface area contributed by atoms with E-state index in [0.717, 1.165) is 42.7 Å². The van der Waals surface area contributed by atoms with Gasteiger partial charge in [0.05, 0.1) is 18.9 Å². The van der Waals surface area contributed by atoms with Gasteiger partial charge < -0.3 is 19.0 Å². The molecule has 1 aliphatic rings. The number of hydrogen-bond acceptors (Lipinski definition) is 5. The molecule has 0 bridgehead atoms. The van der Waals surface area contributed by atoms with Crippen LogP contribution in [0.1, 0.15) is 44.6 Å². The lowest BCUT2D eigenvalue weighted by molar-refractivity contribution is -0.287. The molecule has 0 unspecified atom stereocenters. The van der Waals surface area contributed by atoms with E-state index >= 15 is 0 Å². The van der Waals surface area contributed by atoms with Crippen molar-refractivity contribution in [1.82, 2.24) is 4.98 Å². The van der Waals surface area contributed by atoms with Crippen LogP contribution < -0.4 is 0 Å². The van der Waals surface area contributed by atoms with E-state index in [0.29, 0.717) is 19.1 Å². The lowest BCUT2D eigenvalue weighted by Gasteiger charge is -2.40. The predicted octanol–water partition coefficient (Wildman–Crippen LogP) is 4.22. The second-order valence-electron chi connectivity index (χ2n) is 7.73. The van der Waals surface area contributed by atoms with Crippen LogP contribution in [0, 0.1) is 12.3 Å². The number of carboxylic acids is 1. The Labute approximate surface area is 159 Å². The Balaban J connectivity index is 1.48. The molecule has 2 heterocycles. The number of carbonyl (C=O) groups is 1. The van der Waals surface area contributed by atoms with E-state index in [1.54, 1.807) is 0 Å². The molecule has 1 saturated heterocycles. The zero-order chi connectivity index (χ0) is 19.5. The molecule has 0 saturated carbocycles. The van der Waals surface area contributed by atoms with Gasteiger partial charge in [-0.2, -0.15) is 0 Å². The summed E-state index contributed by atoms with van der Waals surface area (Å²) in [5.74, 6) is -1.08. The van der Waals surface area contributed by atoms with Crippen LogP contribution in [0.2, 0.25) is 0 Å². The van der Waals surface area contributed by atoms with Gasteiger partial charge in [0.15, 0.2) is 0 Å². The maximum Gasteiger partial charge on any atom is 0.364 e. The van der Waals surface area contributed by atoms with Crippen molar-refractivity contribution in [1.29, 1.82) is 0 Å². The average Bonchev–Trinajstić information content (AvgIpc) is 3.03. The van der Waals surface area contributed by atoms with Crippen LogP contribution >= 0.6 is 0 Å². The molecular formula is C21H27NO5. The Bertz CT molecular complexity index is 775. The van der Waals surface area contributed by atoms with E-state index in [2.05, 4.69) is 11.9 Å². The molecule has 1 aliphatic heterocycles. The van der Waals surface area contributed by atoms with E-state index in [1.165, 1.54) is 6.92 Å². The van der Waals surface area contributed by atoms with Crippen LogP contribution in [0.4, 0.5) is 0 Å². The van der Waals surface area contributed by atoms with Gasteiger partial charge in [-0.15, -0.1) is 0 Å². The van der Waals surface area contributed by atoms with Crippen LogP contribution in [0.3, 0.4) is 0 Å². The number of hydrogen-bond donors (Lipinski definition) is 1. The molecule has 0 radical (unpaired) electrons. The van der Waals surface area contributed by atoms with Crippen LogP contribution in [0.5, 0.6) is 0 Å². The zero-order valence-corrected chi connectivity index (χ0v) is 16.2. The first-order valence-corrected chi connectivity index (χ1v) is 9.34. The number of carboxylic acid groups (broad SMARTS) is 1. The number of aliphatic carboxylic acids is 1. The molecule has 0 aliphatic carbocycles. The van der Waals surface area contributed by atoms with Crippen molar-refractivity contribution in [2.75, 3.05) is 13.2 Å². The van der Waals surface area contributed by atoms with Gasteiger partial charge in [0.2, 0.25) is 5.89 Å². The van der Waals surface area contributed by atoms with Crippen molar-refractivity contribution < 1.29 is 23.8 Å². The highest BCUT2D eigenvalue weighted by Crippen LogP contribution is 2.34. The Morgan fingerprint density at radius 2 is 1.81 bits per heavy atom. The van der Waals surface area contributed by atoms with Crippen molar-refractivity contribution >= 4 is 5.97 Å². The fourth-order valence-electron chi connectivity index (χ4n) is 3.18. The van der Waals surface area contributed by atoms with E-state index < -0.39 is 11.8 Å². The van der Waals surface area contributed by atoms with Gasteiger partial charge in [-0.1, -0.05) is 31.5 Å². The number of unbranched alkanes of at least 4 members (excludes halogenated alkanes) is 1. The van der Waals surface area contributed by atoms with Crippen molar-refractivity contribution in [3.8, 4) is 11.5 Å². The van der Waals surface area contributed by atoms with Gasteiger partial charge in [-0.25, -0.2) is 9.78 Å². The normalized spacial score (nSPS) is 25.4. The Morgan fingerprint density at radius 1 is 1.15 bits per heavy atom. The summed E-state index contributed by atoms with van der Waals surface area (Å²) < 4.78 is 16.8. The van der Waals surface area contributed by atoms with Crippen LogP contribution in [-0.4, -0.2) is 35.1 Å². The van der Waals surface area contributed by atoms with Crippen LogP contribution in [-0.2, 0) is 20.7 Å². The summed E-state index contributed by atoms with van der Waals surface area (Å²) in [7, 11) is 0. The summed E-state index contributed by atoms with van der Waals surface area (Å²) in [5.41, 5.74) is 1.81. The number of rotatable bonds is 7. The predicted molar refractivity (Wildman–Crippen MR) is 100 cm³/mol. The third kappa shape index (κ3) is 4.57. The van der Waals surface area contributed by atoms with E-state index in [9.17, 15) is 4.79 Å². The molecule has 3 rings (SSSR count). The summed E-state index contributed by atoms with van der Waals surface area (Å²) in [6, 6.07) is 9.89. The topological polar surface area (TPSA) is 81.8 Å². The summed E-state index contributed by atoms with van der Waals surface area (Å²) in [6.07, 6.45) is 3.73. The second kappa shape index (κ2) is 7.82. The molecule has 1 N–H and O–H groups in total. The minimum atomic E-state index is -1.52. The zero-order valence-electron chi connectivity index (χ0n) is 16.2. The molecule has 1 aromatic heterocycles. The maximum absolute atomic E-state index is 11.2. The minimum absolute atomic E-state index is 0.164. The molecule has 27 heavy (non-hydrogen) atoms. The van der Waals surface area contributed by atoms with Gasteiger partial charge in [-0.3, -0.25) is 0 Å². The van der Waals surface area contributed by atoms with E-state index in [4.69, 9.17) is 19.0 Å². The molecule has 2 aromatic rings. The SMILES string of the molecule is Cc1oc(-c2ccccc2)nc1CCCC[C@]1(C)CO[C@@](C)(C(=O)O)OC1. The monoisotopic (exact) mass is 373 g/mol. The third-order valence-electron chi connectivity index (χ3n) is 5.14. The average molecular weight is 373 g/mol. The number of ether oxygens (including phenoxy) is 2. The molecule has 1 fully saturated rings. The number of benzene rings is 1. The van der Waals surface area contributed by atoms with Crippen molar-refractivity contribution in [3.63, 3.8) is 0 Å². The Morgan fingerprint density at radius 3 is 2.44 bits per heavy atom. The summed E-state index contributed by atoms with van der Waals surface area (Å²) in [4.78, 5) is 15.8. The lowest BCUT2D eigenvalue weighted by Crippen LogP contribution is -2.51. The molecular weight excluding hydrogens is 346 g/mol. The first kappa shape index (κ1) is 19.6. The first-order valence-electron chi connectivity index (χ1n) is 9.34. The molecule has 1 aromatic carbocycles. The highest BCUT2D eigenvalue weighted by Gasteiger charge is 2.44. The summed E-state index contributed by atoms with van der Waals surface area (Å²) in [5, 5.41) is 9.15. The lowest BCUT2D eigenvalue weighted by atomic mass is 9.85. The number of oxazole rings is 1. The van der Waals surface area contributed by atoms with Crippen molar-refractivity contribution in [3.05, 3.63) is 41.8 Å². The van der Waals surface area contributed by atoms with Gasteiger partial charge in [0.25, 0.3) is 5.79 Å². The molecule has 0 amide bonds. The Kier molecular flexibility index (Phi) is 5.67. The molecule has 6 heteroatoms. The second-order valence-corrected chi connectivity index (χ2v) is 7.73. The van der Waals surface area contributed by atoms with E-state index in [1.807, 2.05) is 37.3 Å². The van der Waals surface area contributed by atoms with Gasteiger partial charge >= 0.3 is 5.97 Å². The van der Waals surface area contributed by atoms with Gasteiger partial charge in [0.1, 0.15) is 5.76 Å². The standard InChI is InChI=1S/C21H27NO5/c1-15-17(22-18(27-15)16-9-5-4-6-10-16)11-7-8-12-20(2)13-25-21(3,19(23)24)26-14-20/h4-6,9-10H,7-8,11-14H2,1-3H3,(H,23,24)/t20-,21-. The first-order chi connectivity index (χ1) is 12.8. The third-order valence-corrected chi connectivity index (χ3v) is 5.14.